The highest BCUT2D eigenvalue weighted by Gasteiger charge is 2.32. The molecule has 3 aromatic rings. The molecule has 0 aromatic heterocycles. The molecule has 4 heteroatoms. The normalized spacial score (nSPS) is 15.1. The number of ether oxygens (including phenoxy) is 1. The van der Waals surface area contributed by atoms with Crippen molar-refractivity contribution in [2.24, 2.45) is 0 Å². The Bertz CT molecular complexity index is 1040. The molecule has 3 nitrogen and oxygen atoms in total. The summed E-state index contributed by atoms with van der Waals surface area (Å²) in [5.41, 5.74) is 3.27. The van der Waals surface area contributed by atoms with E-state index >= 15 is 0 Å². The minimum atomic E-state index is -0.552. The van der Waals surface area contributed by atoms with E-state index < -0.39 is 11.9 Å². The number of esters is 2. The standard InChI is InChI=1S/C19H10O3S/c20-18-13-6-5-11-12(17(13)19(21)22-18)7-8-16-14(11)9-10-3-1-2-4-15(10)23-16/h1-8H,9H2. The van der Waals surface area contributed by atoms with Crippen LogP contribution in [0.3, 0.4) is 0 Å². The zero-order chi connectivity index (χ0) is 15.6. The summed E-state index contributed by atoms with van der Waals surface area (Å²) in [6.45, 7) is 0. The van der Waals surface area contributed by atoms with Crippen LogP contribution in [-0.2, 0) is 11.2 Å². The molecule has 5 rings (SSSR count). The SMILES string of the molecule is O=C1OC(=O)c2c1ccc1c3c(ccc21)Sc1ccccc1C3. The van der Waals surface area contributed by atoms with E-state index in [0.717, 1.165) is 17.2 Å². The molecule has 0 unspecified atom stereocenters. The summed E-state index contributed by atoms with van der Waals surface area (Å²) in [4.78, 5) is 26.2. The molecular formula is C19H10O3S. The smallest absolute Gasteiger partial charge is 0.347 e. The van der Waals surface area contributed by atoms with Gasteiger partial charge in [0.2, 0.25) is 0 Å². The predicted octanol–water partition coefficient (Wildman–Crippen LogP) is 4.21. The molecule has 0 aliphatic carbocycles. The Morgan fingerprint density at radius 3 is 2.57 bits per heavy atom. The minimum absolute atomic E-state index is 0.367. The van der Waals surface area contributed by atoms with E-state index in [2.05, 4.69) is 12.1 Å². The van der Waals surface area contributed by atoms with E-state index in [1.165, 1.54) is 20.9 Å². The maximum atomic E-state index is 12.0. The van der Waals surface area contributed by atoms with Crippen molar-refractivity contribution in [3.63, 3.8) is 0 Å². The van der Waals surface area contributed by atoms with E-state index in [1.54, 1.807) is 17.8 Å². The van der Waals surface area contributed by atoms with Crippen molar-refractivity contribution < 1.29 is 14.3 Å². The summed E-state index contributed by atoms with van der Waals surface area (Å²) in [6.07, 6.45) is 0.831. The van der Waals surface area contributed by atoms with Crippen molar-refractivity contribution in [1.29, 1.82) is 0 Å². The lowest BCUT2D eigenvalue weighted by Crippen LogP contribution is -2.02. The monoisotopic (exact) mass is 318 g/mol. The molecule has 0 saturated heterocycles. The van der Waals surface area contributed by atoms with E-state index in [4.69, 9.17) is 4.74 Å². The minimum Gasteiger partial charge on any atom is -0.386 e. The van der Waals surface area contributed by atoms with E-state index in [9.17, 15) is 9.59 Å². The quantitative estimate of drug-likeness (QED) is 0.360. The first kappa shape index (κ1) is 12.9. The van der Waals surface area contributed by atoms with Gasteiger partial charge in [-0.3, -0.25) is 0 Å². The molecular weight excluding hydrogens is 308 g/mol. The fourth-order valence-electron chi connectivity index (χ4n) is 3.36. The van der Waals surface area contributed by atoms with Crippen LogP contribution in [0.1, 0.15) is 31.8 Å². The molecule has 0 radical (unpaired) electrons. The Hall–Kier alpha value is -2.59. The van der Waals surface area contributed by atoms with Gasteiger partial charge in [-0.05, 0) is 40.1 Å². The maximum Gasteiger partial charge on any atom is 0.347 e. The number of rotatable bonds is 0. The van der Waals surface area contributed by atoms with Gasteiger partial charge in [-0.1, -0.05) is 42.1 Å². The van der Waals surface area contributed by atoms with Crippen LogP contribution in [0.2, 0.25) is 0 Å². The highest BCUT2D eigenvalue weighted by molar-refractivity contribution is 7.99. The van der Waals surface area contributed by atoms with Crippen LogP contribution in [-0.4, -0.2) is 11.9 Å². The average Bonchev–Trinajstić information content (AvgIpc) is 2.87. The number of fused-ring (bicyclic) bond motifs is 6. The summed E-state index contributed by atoms with van der Waals surface area (Å²) in [5.74, 6) is -1.09. The summed E-state index contributed by atoms with van der Waals surface area (Å²) >= 11 is 1.75. The molecule has 0 atom stereocenters. The second-order valence-electron chi connectivity index (χ2n) is 5.69. The largest absolute Gasteiger partial charge is 0.386 e. The Labute approximate surface area is 136 Å². The predicted molar refractivity (Wildman–Crippen MR) is 87.1 cm³/mol. The molecule has 0 amide bonds. The van der Waals surface area contributed by atoms with Gasteiger partial charge < -0.3 is 4.74 Å². The lowest BCUT2D eigenvalue weighted by molar-refractivity contribution is 0.0444. The van der Waals surface area contributed by atoms with Gasteiger partial charge in [-0.2, -0.15) is 0 Å². The van der Waals surface area contributed by atoms with E-state index in [1.807, 2.05) is 30.3 Å². The molecule has 0 fully saturated rings. The Balaban J connectivity index is 1.79. The molecule has 0 N–H and O–H groups in total. The molecule has 110 valence electrons. The van der Waals surface area contributed by atoms with E-state index in [0.29, 0.717) is 11.1 Å². The molecule has 0 spiro atoms. The van der Waals surface area contributed by atoms with Crippen LogP contribution in [0.4, 0.5) is 0 Å². The first-order valence-electron chi connectivity index (χ1n) is 7.33. The van der Waals surface area contributed by atoms with Crippen LogP contribution >= 0.6 is 11.8 Å². The number of carbonyl (C=O) groups excluding carboxylic acids is 2. The highest BCUT2D eigenvalue weighted by Crippen LogP contribution is 2.43. The summed E-state index contributed by atoms with van der Waals surface area (Å²) in [5, 5.41) is 1.83. The third-order valence-electron chi connectivity index (χ3n) is 4.44. The van der Waals surface area contributed by atoms with Crippen molar-refractivity contribution in [3.05, 3.63) is 70.8 Å². The van der Waals surface area contributed by atoms with Gasteiger partial charge in [0.1, 0.15) is 0 Å². The number of benzene rings is 3. The van der Waals surface area contributed by atoms with Crippen molar-refractivity contribution in [2.75, 3.05) is 0 Å². The molecule has 0 saturated carbocycles. The Morgan fingerprint density at radius 2 is 1.65 bits per heavy atom. The lowest BCUT2D eigenvalue weighted by atomic mass is 9.93. The molecule has 23 heavy (non-hydrogen) atoms. The third-order valence-corrected chi connectivity index (χ3v) is 5.66. The van der Waals surface area contributed by atoms with Crippen molar-refractivity contribution in [1.82, 2.24) is 0 Å². The second-order valence-corrected chi connectivity index (χ2v) is 6.77. The number of hydrogen-bond acceptors (Lipinski definition) is 4. The number of carbonyl (C=O) groups is 2. The Morgan fingerprint density at radius 1 is 0.826 bits per heavy atom. The third kappa shape index (κ3) is 1.72. The topological polar surface area (TPSA) is 43.4 Å². The fourth-order valence-corrected chi connectivity index (χ4v) is 4.46. The van der Waals surface area contributed by atoms with Crippen LogP contribution < -0.4 is 0 Å². The van der Waals surface area contributed by atoms with Gasteiger partial charge in [-0.25, -0.2) is 9.59 Å². The average molecular weight is 318 g/mol. The van der Waals surface area contributed by atoms with Crippen molar-refractivity contribution >= 4 is 34.5 Å². The lowest BCUT2D eigenvalue weighted by Gasteiger charge is -2.20. The van der Waals surface area contributed by atoms with Crippen LogP contribution in [0, 0.1) is 0 Å². The molecule has 2 heterocycles. The van der Waals surface area contributed by atoms with Crippen molar-refractivity contribution in [3.8, 4) is 0 Å². The molecule has 0 bridgehead atoms. The number of hydrogen-bond donors (Lipinski definition) is 0. The zero-order valence-electron chi connectivity index (χ0n) is 12.0. The van der Waals surface area contributed by atoms with Gasteiger partial charge in [0, 0.05) is 16.2 Å². The van der Waals surface area contributed by atoms with Gasteiger partial charge in [0.05, 0.1) is 11.1 Å². The first-order chi connectivity index (χ1) is 11.2. The molecule has 3 aromatic carbocycles. The van der Waals surface area contributed by atoms with Crippen LogP contribution in [0.15, 0.2) is 58.3 Å². The maximum absolute atomic E-state index is 12.0. The summed E-state index contributed by atoms with van der Waals surface area (Å²) < 4.78 is 4.76. The number of cyclic esters (lactones) is 2. The van der Waals surface area contributed by atoms with Gasteiger partial charge in [-0.15, -0.1) is 0 Å². The fraction of sp³-hybridized carbons (Fsp3) is 0.0526. The van der Waals surface area contributed by atoms with Gasteiger partial charge in [0.15, 0.2) is 0 Å². The van der Waals surface area contributed by atoms with Gasteiger partial charge in [0.25, 0.3) is 0 Å². The van der Waals surface area contributed by atoms with Gasteiger partial charge >= 0.3 is 11.9 Å². The zero-order valence-corrected chi connectivity index (χ0v) is 12.8. The first-order valence-corrected chi connectivity index (χ1v) is 8.15. The van der Waals surface area contributed by atoms with Crippen molar-refractivity contribution in [2.45, 2.75) is 16.2 Å². The summed E-state index contributed by atoms with van der Waals surface area (Å²) in [6, 6.07) is 16.0. The van der Waals surface area contributed by atoms with Crippen LogP contribution in [0.5, 0.6) is 0 Å². The Kier molecular flexibility index (Phi) is 2.50. The molecule has 2 aliphatic rings. The molecule has 2 aliphatic heterocycles. The van der Waals surface area contributed by atoms with Crippen LogP contribution in [0.25, 0.3) is 10.8 Å². The highest BCUT2D eigenvalue weighted by atomic mass is 32.2. The summed E-state index contributed by atoms with van der Waals surface area (Å²) in [7, 11) is 0. The second kappa shape index (κ2) is 4.46. The van der Waals surface area contributed by atoms with E-state index in [-0.39, 0.29) is 0 Å².